The van der Waals surface area contributed by atoms with Gasteiger partial charge in [-0.05, 0) is 30.7 Å². The number of hydrogen-bond acceptors (Lipinski definition) is 3. The molecule has 0 radical (unpaired) electrons. The maximum Gasteiger partial charge on any atom is 0.249 e. The van der Waals surface area contributed by atoms with Gasteiger partial charge in [0.1, 0.15) is 5.75 Å². The number of nitrogens with one attached hydrogen (secondary N) is 2. The van der Waals surface area contributed by atoms with Gasteiger partial charge in [0.25, 0.3) is 0 Å². The van der Waals surface area contributed by atoms with Crippen LogP contribution in [0.3, 0.4) is 0 Å². The molecule has 0 saturated heterocycles. The van der Waals surface area contributed by atoms with E-state index in [1.54, 1.807) is 36.4 Å². The van der Waals surface area contributed by atoms with Crippen molar-refractivity contribution in [1.29, 1.82) is 0 Å². The minimum Gasteiger partial charge on any atom is -0.508 e. The van der Waals surface area contributed by atoms with Crippen LogP contribution in [0, 0.1) is 6.92 Å². The van der Waals surface area contributed by atoms with Gasteiger partial charge < -0.3 is 10.4 Å². The van der Waals surface area contributed by atoms with Gasteiger partial charge in [-0.15, -0.1) is 0 Å². The molecule has 0 saturated carbocycles. The van der Waals surface area contributed by atoms with Crippen LogP contribution < -0.4 is 5.32 Å². The Morgan fingerprint density at radius 1 is 1.39 bits per heavy atom. The zero-order valence-electron chi connectivity index (χ0n) is 9.84. The number of carbonyl (C=O) groups excluding carboxylic acids is 1. The summed E-state index contributed by atoms with van der Waals surface area (Å²) < 4.78 is 0. The summed E-state index contributed by atoms with van der Waals surface area (Å²) in [6.45, 7) is 1.86. The van der Waals surface area contributed by atoms with Gasteiger partial charge in [0.05, 0.1) is 0 Å². The molecular weight excluding hydrogens is 230 g/mol. The minimum absolute atomic E-state index is 0.198. The largest absolute Gasteiger partial charge is 0.508 e. The molecule has 0 aliphatic carbocycles. The molecule has 5 nitrogen and oxygen atoms in total. The van der Waals surface area contributed by atoms with Crippen LogP contribution in [-0.4, -0.2) is 21.2 Å². The standard InChI is InChI=1S/C13H13N3O2/c1-9-8-12(16-15-9)14-13(18)7-4-10-2-5-11(17)6-3-10/h2-8,17H,1H3,(H2,14,15,16,18). The molecule has 0 bridgehead atoms. The number of hydrogen-bond donors (Lipinski definition) is 3. The van der Waals surface area contributed by atoms with Crippen LogP contribution >= 0.6 is 0 Å². The van der Waals surface area contributed by atoms with Crippen LogP contribution in [0.15, 0.2) is 36.4 Å². The fourth-order valence-corrected chi connectivity index (χ4v) is 1.41. The third kappa shape index (κ3) is 3.21. The molecule has 5 heteroatoms. The number of phenols is 1. The highest BCUT2D eigenvalue weighted by atomic mass is 16.3. The van der Waals surface area contributed by atoms with Crippen LogP contribution in [0.5, 0.6) is 5.75 Å². The van der Waals surface area contributed by atoms with E-state index in [0.717, 1.165) is 11.3 Å². The van der Waals surface area contributed by atoms with Gasteiger partial charge in [-0.1, -0.05) is 12.1 Å². The molecule has 0 unspecified atom stereocenters. The fraction of sp³-hybridized carbons (Fsp3) is 0.0769. The van der Waals surface area contributed by atoms with Crippen LogP contribution in [0.2, 0.25) is 0 Å². The van der Waals surface area contributed by atoms with Crippen LogP contribution in [0.25, 0.3) is 6.08 Å². The number of H-pyrrole nitrogens is 1. The molecule has 0 spiro atoms. The predicted octanol–water partition coefficient (Wildman–Crippen LogP) is 2.08. The Labute approximate surface area is 104 Å². The average molecular weight is 243 g/mol. The van der Waals surface area contributed by atoms with E-state index in [1.165, 1.54) is 6.08 Å². The average Bonchev–Trinajstić information content (AvgIpc) is 2.74. The van der Waals surface area contributed by atoms with Crippen molar-refractivity contribution in [3.63, 3.8) is 0 Å². The summed E-state index contributed by atoms with van der Waals surface area (Å²) in [4.78, 5) is 11.6. The zero-order valence-corrected chi connectivity index (χ0v) is 9.84. The van der Waals surface area contributed by atoms with E-state index in [-0.39, 0.29) is 11.7 Å². The predicted molar refractivity (Wildman–Crippen MR) is 69.1 cm³/mol. The highest BCUT2D eigenvalue weighted by Crippen LogP contribution is 2.11. The van der Waals surface area contributed by atoms with Crippen molar-refractivity contribution in [2.24, 2.45) is 0 Å². The van der Waals surface area contributed by atoms with Gasteiger partial charge in [-0.3, -0.25) is 9.89 Å². The Hall–Kier alpha value is -2.56. The van der Waals surface area contributed by atoms with Crippen molar-refractivity contribution in [1.82, 2.24) is 10.2 Å². The fourth-order valence-electron chi connectivity index (χ4n) is 1.41. The van der Waals surface area contributed by atoms with Crippen LogP contribution in [0.4, 0.5) is 5.82 Å². The second kappa shape index (κ2) is 5.18. The maximum atomic E-state index is 11.6. The van der Waals surface area contributed by atoms with Crippen molar-refractivity contribution in [2.75, 3.05) is 5.32 Å². The number of amides is 1. The van der Waals surface area contributed by atoms with E-state index >= 15 is 0 Å². The highest BCUT2D eigenvalue weighted by molar-refractivity contribution is 6.01. The summed E-state index contributed by atoms with van der Waals surface area (Å²) in [5.74, 6) is 0.436. The Balaban J connectivity index is 1.96. The van der Waals surface area contributed by atoms with E-state index in [1.807, 2.05) is 6.92 Å². The summed E-state index contributed by atoms with van der Waals surface area (Å²) in [5, 5.41) is 18.4. The molecule has 1 aromatic carbocycles. The van der Waals surface area contributed by atoms with E-state index in [4.69, 9.17) is 5.11 Å². The lowest BCUT2D eigenvalue weighted by Gasteiger charge is -1.96. The van der Waals surface area contributed by atoms with Crippen LogP contribution in [0.1, 0.15) is 11.3 Å². The number of phenolic OH excluding ortho intramolecular Hbond substituents is 1. The Morgan fingerprint density at radius 3 is 2.72 bits per heavy atom. The monoisotopic (exact) mass is 243 g/mol. The van der Waals surface area contributed by atoms with E-state index in [2.05, 4.69) is 15.5 Å². The summed E-state index contributed by atoms with van der Waals surface area (Å²) in [6, 6.07) is 8.31. The number of aromatic amines is 1. The van der Waals surface area contributed by atoms with Gasteiger partial charge in [0.2, 0.25) is 5.91 Å². The molecule has 1 amide bonds. The first-order valence-electron chi connectivity index (χ1n) is 5.43. The maximum absolute atomic E-state index is 11.6. The second-order valence-electron chi connectivity index (χ2n) is 3.85. The Bertz CT molecular complexity index is 570. The first-order valence-corrected chi connectivity index (χ1v) is 5.43. The Morgan fingerprint density at radius 2 is 2.11 bits per heavy atom. The second-order valence-corrected chi connectivity index (χ2v) is 3.85. The van der Waals surface area contributed by atoms with Gasteiger partial charge >= 0.3 is 0 Å². The number of anilines is 1. The van der Waals surface area contributed by atoms with Gasteiger partial charge in [0.15, 0.2) is 5.82 Å². The zero-order chi connectivity index (χ0) is 13.0. The number of benzene rings is 1. The first-order chi connectivity index (χ1) is 8.63. The third-order valence-corrected chi connectivity index (χ3v) is 2.28. The van der Waals surface area contributed by atoms with Crippen molar-refractivity contribution < 1.29 is 9.90 Å². The lowest BCUT2D eigenvalue weighted by Crippen LogP contribution is -2.07. The molecule has 2 aromatic rings. The summed E-state index contributed by atoms with van der Waals surface area (Å²) in [5.41, 5.74) is 1.72. The smallest absolute Gasteiger partial charge is 0.249 e. The summed E-state index contributed by atoms with van der Waals surface area (Å²) >= 11 is 0. The number of aromatic nitrogens is 2. The summed E-state index contributed by atoms with van der Waals surface area (Å²) in [7, 11) is 0. The van der Waals surface area contributed by atoms with Crippen LogP contribution in [-0.2, 0) is 4.79 Å². The van der Waals surface area contributed by atoms with E-state index in [9.17, 15) is 4.79 Å². The van der Waals surface area contributed by atoms with E-state index < -0.39 is 0 Å². The molecule has 92 valence electrons. The number of nitrogens with zero attached hydrogens (tertiary/aromatic N) is 1. The number of rotatable bonds is 3. The molecule has 2 rings (SSSR count). The molecule has 0 atom stereocenters. The first kappa shape index (κ1) is 11.9. The molecular formula is C13H13N3O2. The lowest BCUT2D eigenvalue weighted by atomic mass is 10.2. The molecule has 0 aliphatic heterocycles. The highest BCUT2D eigenvalue weighted by Gasteiger charge is 2.00. The number of carbonyl (C=O) groups is 1. The molecule has 1 aromatic heterocycles. The lowest BCUT2D eigenvalue weighted by molar-refractivity contribution is -0.111. The van der Waals surface area contributed by atoms with Crippen molar-refractivity contribution in [3.05, 3.63) is 47.7 Å². The van der Waals surface area contributed by atoms with Gasteiger partial charge in [-0.2, -0.15) is 5.10 Å². The quantitative estimate of drug-likeness (QED) is 0.722. The van der Waals surface area contributed by atoms with E-state index in [0.29, 0.717) is 5.82 Å². The molecule has 18 heavy (non-hydrogen) atoms. The number of aryl methyl sites for hydroxylation is 1. The molecule has 3 N–H and O–H groups in total. The van der Waals surface area contributed by atoms with Gasteiger partial charge in [0, 0.05) is 17.8 Å². The van der Waals surface area contributed by atoms with Gasteiger partial charge in [-0.25, -0.2) is 0 Å². The Kier molecular flexibility index (Phi) is 3.43. The molecule has 1 heterocycles. The third-order valence-electron chi connectivity index (χ3n) is 2.28. The topological polar surface area (TPSA) is 78.0 Å². The van der Waals surface area contributed by atoms with Crippen molar-refractivity contribution >= 4 is 17.8 Å². The van der Waals surface area contributed by atoms with Crippen molar-refractivity contribution in [2.45, 2.75) is 6.92 Å². The SMILES string of the molecule is Cc1cc(NC(=O)C=Cc2ccc(O)cc2)n[nH]1. The normalized spacial score (nSPS) is 10.7. The van der Waals surface area contributed by atoms with Crippen molar-refractivity contribution in [3.8, 4) is 5.75 Å². The minimum atomic E-state index is -0.255. The number of aromatic hydroxyl groups is 1. The molecule has 0 fully saturated rings. The molecule has 0 aliphatic rings. The summed E-state index contributed by atoms with van der Waals surface area (Å²) in [6.07, 6.45) is 3.07.